The van der Waals surface area contributed by atoms with Gasteiger partial charge in [-0.1, -0.05) is 52.8 Å². The van der Waals surface area contributed by atoms with Crippen molar-refractivity contribution in [3.05, 3.63) is 107 Å². The van der Waals surface area contributed by atoms with Crippen molar-refractivity contribution in [2.75, 3.05) is 51.8 Å². The van der Waals surface area contributed by atoms with Gasteiger partial charge in [-0.3, -0.25) is 24.6 Å². The molecule has 2 saturated heterocycles. The number of benzene rings is 3. The number of nitrogens with two attached hydrogens (primary N) is 2. The lowest BCUT2D eigenvalue weighted by Gasteiger charge is -2.57. The summed E-state index contributed by atoms with van der Waals surface area (Å²) in [6, 6.07) is 23.7. The van der Waals surface area contributed by atoms with E-state index in [0.717, 1.165) is 103 Å². The van der Waals surface area contributed by atoms with E-state index in [0.29, 0.717) is 41.4 Å². The highest BCUT2D eigenvalue weighted by Crippen LogP contribution is 2.53. The smallest absolute Gasteiger partial charge is 0.251 e. The third-order valence-electron chi connectivity index (χ3n) is 15.4. The number of piperidine rings is 1. The van der Waals surface area contributed by atoms with Gasteiger partial charge in [-0.05, 0) is 116 Å². The number of nitriles is 1. The molecule has 0 atom stereocenters. The molecule has 0 radical (unpaired) electrons. The normalized spacial score (nSPS) is 19.7. The van der Waals surface area contributed by atoms with Gasteiger partial charge in [0.25, 0.3) is 5.91 Å². The average molecular weight is 963 g/mol. The number of ether oxygens (including phenoxy) is 1. The number of likely N-dealkylation sites (tertiary alicyclic amines) is 1. The molecule has 4 aliphatic rings. The van der Waals surface area contributed by atoms with Crippen molar-refractivity contribution >= 4 is 52.0 Å². The van der Waals surface area contributed by atoms with Gasteiger partial charge in [-0.25, -0.2) is 0 Å². The van der Waals surface area contributed by atoms with Crippen LogP contribution in [0, 0.1) is 27.6 Å². The second-order valence-electron chi connectivity index (χ2n) is 21.2. The fourth-order valence-electron chi connectivity index (χ4n) is 12.1. The number of aliphatic imine (C=N–C) groups is 2. The Kier molecular flexibility index (Phi) is 16.6. The molecule has 8 rings (SSSR count). The SMILES string of the molecule is CC/C(C(CCNC=O)=NC1CCN(C2CCC3(CC2)CN(c2ccc(C(=O)NC4C(C)(C)CC4(C)C)cc2)C3)CC1)=C(/N)c1cccc2cc(/C(C=NC)=C/N)ncc12.COc1cc(O)ccc1C#N. The summed E-state index contributed by atoms with van der Waals surface area (Å²) in [5.41, 5.74) is 21.1. The molecule has 2 aliphatic carbocycles. The van der Waals surface area contributed by atoms with Crippen LogP contribution in [0.2, 0.25) is 0 Å². The number of allylic oxidation sites excluding steroid dienone is 2. The van der Waals surface area contributed by atoms with Gasteiger partial charge in [0.2, 0.25) is 6.41 Å². The molecule has 14 nitrogen and oxygen atoms in total. The molecule has 4 fully saturated rings. The maximum absolute atomic E-state index is 13.1. The first-order valence-corrected chi connectivity index (χ1v) is 25.2. The van der Waals surface area contributed by atoms with E-state index in [4.69, 9.17) is 36.5 Å². The Bertz CT molecular complexity index is 2680. The predicted molar refractivity (Wildman–Crippen MR) is 287 cm³/mol. The van der Waals surface area contributed by atoms with Crippen LogP contribution in [0.3, 0.4) is 0 Å². The van der Waals surface area contributed by atoms with E-state index in [9.17, 15) is 9.59 Å². The Morgan fingerprint density at radius 3 is 2.32 bits per heavy atom. The summed E-state index contributed by atoms with van der Waals surface area (Å²) < 4.78 is 4.83. The average Bonchev–Trinajstić information content (AvgIpc) is 3.36. The predicted octanol–water partition coefficient (Wildman–Crippen LogP) is 8.63. The van der Waals surface area contributed by atoms with E-state index >= 15 is 0 Å². The molecule has 4 aromatic rings. The highest BCUT2D eigenvalue weighted by atomic mass is 16.5. The summed E-state index contributed by atoms with van der Waals surface area (Å²) in [7, 11) is 3.17. The molecule has 71 heavy (non-hydrogen) atoms. The minimum atomic E-state index is 0.0322. The number of amides is 2. The Morgan fingerprint density at radius 1 is 1.01 bits per heavy atom. The van der Waals surface area contributed by atoms with E-state index in [2.05, 4.69) is 78.2 Å². The van der Waals surface area contributed by atoms with Crippen molar-refractivity contribution in [2.24, 2.45) is 37.7 Å². The summed E-state index contributed by atoms with van der Waals surface area (Å²) in [6.45, 7) is 15.9. The zero-order chi connectivity index (χ0) is 50.9. The number of fused-ring (bicyclic) bond motifs is 1. The Morgan fingerprint density at radius 2 is 1.72 bits per heavy atom. The van der Waals surface area contributed by atoms with E-state index in [1.807, 2.05) is 42.6 Å². The topological polar surface area (TPSA) is 208 Å². The third-order valence-corrected chi connectivity index (χ3v) is 15.4. The molecule has 0 bridgehead atoms. The van der Waals surface area contributed by atoms with Crippen LogP contribution in [-0.4, -0.2) is 104 Å². The maximum atomic E-state index is 13.1. The molecule has 3 heterocycles. The lowest BCUT2D eigenvalue weighted by Crippen LogP contribution is -2.63. The van der Waals surface area contributed by atoms with Crippen LogP contribution in [0.5, 0.6) is 11.5 Å². The largest absolute Gasteiger partial charge is 0.508 e. The van der Waals surface area contributed by atoms with E-state index in [-0.39, 0.29) is 34.6 Å². The fourth-order valence-corrected chi connectivity index (χ4v) is 12.1. The number of aromatic nitrogens is 1. The van der Waals surface area contributed by atoms with Crippen LogP contribution >= 0.6 is 0 Å². The standard InChI is InChI=1S/C49H67N9O2.C8H7NO2/c1-7-39(44(51)40-10-8-9-34-25-43(54-28-41(34)40)35(26-50)27-52-6)42(17-22-53-32-59)55-36-18-23-57(24-19-36)38-15-20-49(21-16-38)30-58(31-49)37-13-11-33(12-14-37)45(60)56-46-47(2,3)29-48(46,4)5;1-11-8-4-7(10)3-2-6(8)5-9/h8-14,25-28,32,36,38,46H,7,15-24,29-31,50-51H2,1-6H3,(H,53,59)(H,56,60);2-4,10H,1H3/b35-26+,44-39-,52-27?,55-42?;. The van der Waals surface area contributed by atoms with Crippen molar-refractivity contribution in [1.82, 2.24) is 20.5 Å². The zero-order valence-corrected chi connectivity index (χ0v) is 42.8. The fraction of sp³-hybridized carbons (Fsp3) is 0.474. The lowest BCUT2D eigenvalue weighted by atomic mass is 9.52. The molecule has 376 valence electrons. The second kappa shape index (κ2) is 22.6. The number of pyridine rings is 1. The minimum Gasteiger partial charge on any atom is -0.508 e. The molecule has 1 aromatic heterocycles. The first-order valence-electron chi connectivity index (χ1n) is 25.2. The number of hydrogen-bond acceptors (Lipinski definition) is 12. The number of nitrogens with one attached hydrogen (secondary N) is 2. The number of carbonyl (C=O) groups excluding carboxylic acids is 2. The van der Waals surface area contributed by atoms with Crippen LogP contribution in [0.1, 0.15) is 120 Å². The van der Waals surface area contributed by atoms with Crippen molar-refractivity contribution in [2.45, 2.75) is 111 Å². The van der Waals surface area contributed by atoms with E-state index < -0.39 is 0 Å². The third kappa shape index (κ3) is 11.9. The maximum Gasteiger partial charge on any atom is 0.251 e. The molecule has 0 unspecified atom stereocenters. The Hall–Kier alpha value is -6.72. The van der Waals surface area contributed by atoms with Gasteiger partial charge in [0.05, 0.1) is 24.4 Å². The molecule has 3 aromatic carbocycles. The number of aromatic hydroxyl groups is 1. The van der Waals surface area contributed by atoms with E-state index in [1.165, 1.54) is 62.9 Å². The molecular weight excluding hydrogens is 889 g/mol. The molecule has 2 aliphatic heterocycles. The second-order valence-corrected chi connectivity index (χ2v) is 21.2. The first-order chi connectivity index (χ1) is 34.1. The Balaban J connectivity index is 0.000000595. The number of methoxy groups -OCH3 is 1. The van der Waals surface area contributed by atoms with Gasteiger partial charge in [-0.2, -0.15) is 5.26 Å². The van der Waals surface area contributed by atoms with Crippen molar-refractivity contribution in [3.8, 4) is 17.6 Å². The quantitative estimate of drug-likeness (QED) is 0.0435. The number of phenols is 1. The molecule has 14 heteroatoms. The molecular formula is C57H74N10O4. The number of anilines is 1. The lowest BCUT2D eigenvalue weighted by molar-refractivity contribution is -0.109. The van der Waals surface area contributed by atoms with Gasteiger partial charge < -0.3 is 41.7 Å². The van der Waals surface area contributed by atoms with Gasteiger partial charge in [0.1, 0.15) is 17.6 Å². The highest BCUT2D eigenvalue weighted by molar-refractivity contribution is 6.11. The van der Waals surface area contributed by atoms with E-state index in [1.54, 1.807) is 13.3 Å². The summed E-state index contributed by atoms with van der Waals surface area (Å²) in [5.74, 6) is 0.526. The highest BCUT2D eigenvalue weighted by Gasteiger charge is 2.53. The van der Waals surface area contributed by atoms with Gasteiger partial charge in [-0.15, -0.1) is 0 Å². The van der Waals surface area contributed by atoms with Crippen molar-refractivity contribution in [3.63, 3.8) is 0 Å². The summed E-state index contributed by atoms with van der Waals surface area (Å²) in [4.78, 5) is 43.8. The molecule has 7 N–H and O–H groups in total. The van der Waals surface area contributed by atoms with Crippen LogP contribution in [0.25, 0.3) is 22.0 Å². The minimum absolute atomic E-state index is 0.0322. The summed E-state index contributed by atoms with van der Waals surface area (Å²) >= 11 is 0. The van der Waals surface area contributed by atoms with Gasteiger partial charge >= 0.3 is 0 Å². The number of rotatable bonds is 15. The van der Waals surface area contributed by atoms with Crippen molar-refractivity contribution in [1.29, 1.82) is 5.26 Å². The van der Waals surface area contributed by atoms with Crippen LogP contribution in [0.15, 0.2) is 94.7 Å². The number of carbonyl (C=O) groups is 2. The summed E-state index contributed by atoms with van der Waals surface area (Å²) in [5, 5.41) is 25.7. The van der Waals surface area contributed by atoms with Gasteiger partial charge in [0, 0.05) is 128 Å². The number of phenolic OH excluding ortho intramolecular Hbond substituents is 1. The van der Waals surface area contributed by atoms with Gasteiger partial charge in [0.15, 0.2) is 0 Å². The summed E-state index contributed by atoms with van der Waals surface area (Å²) in [6.07, 6.45) is 15.3. The van der Waals surface area contributed by atoms with Crippen LogP contribution in [-0.2, 0) is 4.79 Å². The number of nitrogens with zero attached hydrogens (tertiary/aromatic N) is 6. The first kappa shape index (κ1) is 52.1. The zero-order valence-electron chi connectivity index (χ0n) is 42.8. The van der Waals surface area contributed by atoms with Crippen LogP contribution < -0.4 is 31.7 Å². The van der Waals surface area contributed by atoms with Crippen LogP contribution in [0.4, 0.5) is 5.69 Å². The molecule has 2 amide bonds. The molecule has 1 spiro atoms. The monoisotopic (exact) mass is 963 g/mol. The van der Waals surface area contributed by atoms with Crippen molar-refractivity contribution < 1.29 is 19.4 Å². The molecule has 2 saturated carbocycles. The Labute approximate surface area is 420 Å². The number of hydrogen-bond donors (Lipinski definition) is 5.